The number of hydrogen-bond donors (Lipinski definition) is 2. The van der Waals surface area contributed by atoms with E-state index in [4.69, 9.17) is 0 Å². The van der Waals surface area contributed by atoms with Crippen molar-refractivity contribution in [2.24, 2.45) is 5.92 Å². The van der Waals surface area contributed by atoms with Gasteiger partial charge in [0.1, 0.15) is 0 Å². The molecule has 1 aliphatic rings. The highest BCUT2D eigenvalue weighted by Gasteiger charge is 2.17. The van der Waals surface area contributed by atoms with Crippen LogP contribution in [0, 0.1) is 24.7 Å². The molecule has 2 N–H and O–H groups in total. The minimum absolute atomic E-state index is 0.260. The van der Waals surface area contributed by atoms with E-state index in [0.29, 0.717) is 5.92 Å². The molecule has 22 heavy (non-hydrogen) atoms. The summed E-state index contributed by atoms with van der Waals surface area (Å²) in [5.74, 6) is 7.13. The van der Waals surface area contributed by atoms with Crippen LogP contribution in [0.25, 0.3) is 0 Å². The molecule has 0 amide bonds. The normalized spacial score (nSPS) is 21.0. The maximum atomic E-state index is 3.52. The zero-order valence-electron chi connectivity index (χ0n) is 13.2. The SMILES string of the molecule is Cc1ccc(C#Cc2ccc(C3NCC(C)CN3)cc2)cc1. The van der Waals surface area contributed by atoms with Crippen LogP contribution in [0.5, 0.6) is 0 Å². The molecule has 1 fully saturated rings. The molecule has 0 saturated carbocycles. The van der Waals surface area contributed by atoms with Gasteiger partial charge in [0, 0.05) is 24.2 Å². The topological polar surface area (TPSA) is 24.1 Å². The summed E-state index contributed by atoms with van der Waals surface area (Å²) in [6, 6.07) is 16.8. The van der Waals surface area contributed by atoms with Gasteiger partial charge in [-0.2, -0.15) is 0 Å². The molecule has 0 radical (unpaired) electrons. The van der Waals surface area contributed by atoms with Gasteiger partial charge in [-0.1, -0.05) is 48.6 Å². The zero-order chi connectivity index (χ0) is 15.4. The smallest absolute Gasteiger partial charge is 0.0835 e. The lowest BCUT2D eigenvalue weighted by Crippen LogP contribution is -2.45. The van der Waals surface area contributed by atoms with Gasteiger partial charge in [0.2, 0.25) is 0 Å². The highest BCUT2D eigenvalue weighted by Crippen LogP contribution is 2.15. The molecule has 0 atom stereocenters. The van der Waals surface area contributed by atoms with E-state index in [2.05, 4.69) is 84.9 Å². The fourth-order valence-electron chi connectivity index (χ4n) is 2.56. The Bertz CT molecular complexity index is 666. The third-order valence-electron chi connectivity index (χ3n) is 3.99. The van der Waals surface area contributed by atoms with Gasteiger partial charge in [0.05, 0.1) is 6.17 Å². The van der Waals surface area contributed by atoms with Crippen molar-refractivity contribution >= 4 is 0 Å². The third-order valence-corrected chi connectivity index (χ3v) is 3.99. The first-order valence-electron chi connectivity index (χ1n) is 7.86. The highest BCUT2D eigenvalue weighted by atomic mass is 15.1. The molecule has 2 nitrogen and oxygen atoms in total. The quantitative estimate of drug-likeness (QED) is 0.788. The van der Waals surface area contributed by atoms with Crippen LogP contribution in [0.1, 0.15) is 35.3 Å². The molecule has 0 unspecified atom stereocenters. The molecule has 0 aliphatic carbocycles. The maximum absolute atomic E-state index is 3.52. The predicted molar refractivity (Wildman–Crippen MR) is 91.5 cm³/mol. The number of nitrogens with one attached hydrogen (secondary N) is 2. The van der Waals surface area contributed by atoms with E-state index in [0.717, 1.165) is 24.2 Å². The molecule has 1 heterocycles. The lowest BCUT2D eigenvalue weighted by Gasteiger charge is -2.29. The Hall–Kier alpha value is -2.08. The lowest BCUT2D eigenvalue weighted by molar-refractivity contribution is 0.314. The summed E-state index contributed by atoms with van der Waals surface area (Å²) >= 11 is 0. The summed E-state index contributed by atoms with van der Waals surface area (Å²) in [7, 11) is 0. The van der Waals surface area contributed by atoms with E-state index >= 15 is 0 Å². The average molecular weight is 290 g/mol. The summed E-state index contributed by atoms with van der Waals surface area (Å²) < 4.78 is 0. The average Bonchev–Trinajstić information content (AvgIpc) is 2.56. The Morgan fingerprint density at radius 2 is 1.32 bits per heavy atom. The second kappa shape index (κ2) is 6.79. The Kier molecular flexibility index (Phi) is 4.58. The van der Waals surface area contributed by atoms with Crippen LogP contribution in [-0.2, 0) is 0 Å². The maximum Gasteiger partial charge on any atom is 0.0835 e. The van der Waals surface area contributed by atoms with Crippen molar-refractivity contribution in [3.63, 3.8) is 0 Å². The first-order valence-corrected chi connectivity index (χ1v) is 7.86. The fourth-order valence-corrected chi connectivity index (χ4v) is 2.56. The second-order valence-electron chi connectivity index (χ2n) is 6.09. The van der Waals surface area contributed by atoms with Crippen molar-refractivity contribution < 1.29 is 0 Å². The van der Waals surface area contributed by atoms with E-state index in [9.17, 15) is 0 Å². The summed E-state index contributed by atoms with van der Waals surface area (Å²) in [5.41, 5.74) is 4.64. The van der Waals surface area contributed by atoms with Gasteiger partial charge >= 0.3 is 0 Å². The molecule has 0 bridgehead atoms. The van der Waals surface area contributed by atoms with Gasteiger partial charge in [-0.25, -0.2) is 0 Å². The van der Waals surface area contributed by atoms with Gasteiger partial charge < -0.3 is 0 Å². The van der Waals surface area contributed by atoms with Crippen molar-refractivity contribution in [3.8, 4) is 11.8 Å². The molecular formula is C20H22N2. The first kappa shape index (κ1) is 14.8. The largest absolute Gasteiger partial charge is 0.298 e. The van der Waals surface area contributed by atoms with Crippen molar-refractivity contribution in [1.29, 1.82) is 0 Å². The Morgan fingerprint density at radius 3 is 1.86 bits per heavy atom. The van der Waals surface area contributed by atoms with Crippen LogP contribution in [-0.4, -0.2) is 13.1 Å². The lowest BCUT2D eigenvalue weighted by atomic mass is 10.0. The molecule has 1 saturated heterocycles. The van der Waals surface area contributed by atoms with E-state index in [1.807, 2.05) is 0 Å². The van der Waals surface area contributed by atoms with Gasteiger partial charge in [-0.05, 0) is 42.7 Å². The van der Waals surface area contributed by atoms with Crippen LogP contribution in [0.3, 0.4) is 0 Å². The van der Waals surface area contributed by atoms with Gasteiger partial charge in [-0.15, -0.1) is 0 Å². The number of aryl methyl sites for hydroxylation is 1. The molecule has 2 aromatic carbocycles. The van der Waals surface area contributed by atoms with Crippen LogP contribution >= 0.6 is 0 Å². The molecular weight excluding hydrogens is 268 g/mol. The molecule has 3 rings (SSSR count). The summed E-state index contributed by atoms with van der Waals surface area (Å²) in [4.78, 5) is 0. The van der Waals surface area contributed by atoms with Crippen LogP contribution in [0.15, 0.2) is 48.5 Å². The number of rotatable bonds is 1. The van der Waals surface area contributed by atoms with Gasteiger partial charge in [0.25, 0.3) is 0 Å². The Balaban J connectivity index is 1.68. The summed E-state index contributed by atoms with van der Waals surface area (Å²) in [5, 5.41) is 7.04. The minimum atomic E-state index is 0.260. The van der Waals surface area contributed by atoms with Crippen molar-refractivity contribution in [2.45, 2.75) is 20.0 Å². The monoisotopic (exact) mass is 290 g/mol. The first-order chi connectivity index (χ1) is 10.7. The zero-order valence-corrected chi connectivity index (χ0v) is 13.2. The fraction of sp³-hybridized carbons (Fsp3) is 0.300. The summed E-state index contributed by atoms with van der Waals surface area (Å²) in [6.45, 7) is 6.46. The standard InChI is InChI=1S/C20H22N2/c1-15-3-5-17(6-4-15)7-8-18-9-11-19(12-10-18)20-21-13-16(2)14-22-20/h3-6,9-12,16,20-22H,13-14H2,1-2H3. The Morgan fingerprint density at radius 1 is 0.818 bits per heavy atom. The van der Waals surface area contributed by atoms with Crippen LogP contribution in [0.2, 0.25) is 0 Å². The van der Waals surface area contributed by atoms with Gasteiger partial charge in [-0.3, -0.25) is 10.6 Å². The minimum Gasteiger partial charge on any atom is -0.298 e. The second-order valence-corrected chi connectivity index (χ2v) is 6.09. The Labute approximate surface area is 133 Å². The molecule has 112 valence electrons. The van der Waals surface area contributed by atoms with Crippen LogP contribution in [0.4, 0.5) is 0 Å². The van der Waals surface area contributed by atoms with Crippen LogP contribution < -0.4 is 10.6 Å². The molecule has 2 aromatic rings. The van der Waals surface area contributed by atoms with Gasteiger partial charge in [0.15, 0.2) is 0 Å². The van der Waals surface area contributed by atoms with Crippen molar-refractivity contribution in [2.75, 3.05) is 13.1 Å². The number of benzene rings is 2. The molecule has 0 aromatic heterocycles. The van der Waals surface area contributed by atoms with Crippen molar-refractivity contribution in [3.05, 3.63) is 70.8 Å². The van der Waals surface area contributed by atoms with Crippen molar-refractivity contribution in [1.82, 2.24) is 10.6 Å². The third kappa shape index (κ3) is 3.76. The molecule has 2 heteroatoms. The van der Waals surface area contributed by atoms with E-state index in [1.54, 1.807) is 0 Å². The van der Waals surface area contributed by atoms with E-state index in [-0.39, 0.29) is 6.17 Å². The predicted octanol–water partition coefficient (Wildman–Crippen LogP) is 3.22. The molecule has 1 aliphatic heterocycles. The molecule has 0 spiro atoms. The summed E-state index contributed by atoms with van der Waals surface area (Å²) in [6.07, 6.45) is 0.260. The highest BCUT2D eigenvalue weighted by molar-refractivity contribution is 5.44. The van der Waals surface area contributed by atoms with E-state index < -0.39 is 0 Å². The van der Waals surface area contributed by atoms with E-state index in [1.165, 1.54) is 11.1 Å². The number of hydrogen-bond acceptors (Lipinski definition) is 2.